The van der Waals surface area contributed by atoms with Crippen molar-refractivity contribution in [2.24, 2.45) is 0 Å². The molecule has 0 aliphatic heterocycles. The molecule has 4 N–H and O–H groups in total. The van der Waals surface area contributed by atoms with Gasteiger partial charge in [-0.05, 0) is 12.1 Å². The van der Waals surface area contributed by atoms with Gasteiger partial charge in [-0.1, -0.05) is 6.07 Å². The van der Waals surface area contributed by atoms with E-state index in [9.17, 15) is 9.13 Å². The zero-order valence-electron chi connectivity index (χ0n) is 7.20. The molecule has 0 bridgehead atoms. The number of hydrogen-bond donors (Lipinski definition) is 4. The molecular formula is C5H8N2O6P2. The molecular weight excluding hydrogens is 246 g/mol. The Morgan fingerprint density at radius 1 is 1.07 bits per heavy atom. The summed E-state index contributed by atoms with van der Waals surface area (Å²) in [5.41, 5.74) is 0. The second-order valence-electron chi connectivity index (χ2n) is 2.50. The van der Waals surface area contributed by atoms with E-state index in [-0.39, 0.29) is 4.44 Å². The summed E-state index contributed by atoms with van der Waals surface area (Å²) in [4.78, 5) is 38.5. The minimum Gasteiger partial charge on any atom is -0.308 e. The average molecular weight is 254 g/mol. The van der Waals surface area contributed by atoms with Crippen LogP contribution in [-0.4, -0.2) is 24.6 Å². The van der Waals surface area contributed by atoms with Gasteiger partial charge in [-0.3, -0.25) is 0 Å². The molecule has 0 fully saturated rings. The molecule has 10 heteroatoms. The maximum absolute atomic E-state index is 10.9. The lowest BCUT2D eigenvalue weighted by Crippen LogP contribution is -2.16. The lowest BCUT2D eigenvalue weighted by Gasteiger charge is -2.23. The predicted molar refractivity (Wildman–Crippen MR) is 50.8 cm³/mol. The normalized spacial score (nSPS) is 12.5. The van der Waals surface area contributed by atoms with Gasteiger partial charge in [-0.25, -0.2) is 14.1 Å². The molecule has 0 unspecified atom stereocenters. The zero-order chi connectivity index (χ0) is 11.7. The van der Waals surface area contributed by atoms with Crippen LogP contribution in [0.25, 0.3) is 0 Å². The Morgan fingerprint density at radius 2 is 1.60 bits per heavy atom. The highest BCUT2D eigenvalue weighted by atomic mass is 31.3. The Morgan fingerprint density at radius 3 is 1.93 bits per heavy atom. The Kier molecular flexibility index (Phi) is 3.30. The number of pyridine rings is 1. The minimum atomic E-state index is -5.11. The lowest BCUT2D eigenvalue weighted by molar-refractivity contribution is 0.350. The van der Waals surface area contributed by atoms with Crippen LogP contribution >= 0.6 is 15.5 Å². The third-order valence-corrected chi connectivity index (χ3v) is 4.14. The van der Waals surface area contributed by atoms with E-state index in [0.717, 1.165) is 12.3 Å². The van der Waals surface area contributed by atoms with Gasteiger partial charge >= 0.3 is 15.5 Å². The van der Waals surface area contributed by atoms with Gasteiger partial charge < -0.3 is 19.6 Å². The summed E-state index contributed by atoms with van der Waals surface area (Å²) < 4.78 is 21.4. The molecule has 0 aliphatic carbocycles. The summed E-state index contributed by atoms with van der Waals surface area (Å²) in [5, 5.41) is 0. The van der Waals surface area contributed by atoms with Crippen molar-refractivity contribution in [3.8, 4) is 0 Å². The number of rotatable bonds is 3. The van der Waals surface area contributed by atoms with Crippen molar-refractivity contribution >= 4 is 21.3 Å². The number of anilines is 1. The Balaban J connectivity index is 3.27. The van der Waals surface area contributed by atoms with Crippen molar-refractivity contribution in [1.82, 2.24) is 4.98 Å². The van der Waals surface area contributed by atoms with Crippen LogP contribution in [0.1, 0.15) is 0 Å². The van der Waals surface area contributed by atoms with Crippen LogP contribution in [0.2, 0.25) is 0 Å². The largest absolute Gasteiger partial charge is 0.440 e. The smallest absolute Gasteiger partial charge is 0.308 e. The van der Waals surface area contributed by atoms with Crippen molar-refractivity contribution in [3.05, 3.63) is 24.4 Å². The average Bonchev–Trinajstić information content (AvgIpc) is 2.00. The first-order valence-corrected chi connectivity index (χ1v) is 6.69. The first-order valence-electron chi connectivity index (χ1n) is 3.56. The van der Waals surface area contributed by atoms with Gasteiger partial charge in [0, 0.05) is 6.20 Å². The van der Waals surface area contributed by atoms with Crippen molar-refractivity contribution < 1.29 is 28.7 Å². The number of aromatic nitrogens is 1. The van der Waals surface area contributed by atoms with Crippen molar-refractivity contribution in [2.75, 3.05) is 4.44 Å². The van der Waals surface area contributed by atoms with Crippen LogP contribution in [0.15, 0.2) is 24.4 Å². The number of hydrogen-bond acceptors (Lipinski definition) is 3. The van der Waals surface area contributed by atoms with Gasteiger partial charge in [0.05, 0.1) is 0 Å². The third kappa shape index (κ3) is 3.10. The fourth-order valence-electron chi connectivity index (χ4n) is 0.891. The summed E-state index contributed by atoms with van der Waals surface area (Å²) in [5.74, 6) is -0.487. The second kappa shape index (κ2) is 4.02. The highest BCUT2D eigenvalue weighted by Gasteiger charge is 2.40. The first kappa shape index (κ1) is 12.3. The summed E-state index contributed by atoms with van der Waals surface area (Å²) in [7, 11) is -10.2. The van der Waals surface area contributed by atoms with Gasteiger partial charge in [0.25, 0.3) is 0 Å². The third-order valence-electron chi connectivity index (χ3n) is 1.35. The van der Waals surface area contributed by atoms with Crippen LogP contribution < -0.4 is 4.44 Å². The molecule has 15 heavy (non-hydrogen) atoms. The molecule has 0 spiro atoms. The molecule has 0 radical (unpaired) electrons. The van der Waals surface area contributed by atoms with E-state index in [1.807, 2.05) is 0 Å². The van der Waals surface area contributed by atoms with Gasteiger partial charge in [0.15, 0.2) is 0 Å². The molecule has 0 aromatic carbocycles. The molecule has 0 aliphatic rings. The molecule has 0 saturated heterocycles. The van der Waals surface area contributed by atoms with E-state index in [1.165, 1.54) is 12.1 Å². The summed E-state index contributed by atoms with van der Waals surface area (Å²) in [6, 6.07) is 3.87. The van der Waals surface area contributed by atoms with E-state index >= 15 is 0 Å². The van der Waals surface area contributed by atoms with Gasteiger partial charge in [-0.15, -0.1) is 0 Å². The molecule has 1 rings (SSSR count). The summed E-state index contributed by atoms with van der Waals surface area (Å²) in [6.07, 6.45) is 1.16. The highest BCUT2D eigenvalue weighted by Crippen LogP contribution is 2.59. The Hall–Kier alpha value is -0.750. The molecule has 0 amide bonds. The van der Waals surface area contributed by atoms with E-state index < -0.39 is 21.3 Å². The maximum Gasteiger partial charge on any atom is 0.440 e. The molecule has 0 atom stereocenters. The molecule has 1 aromatic heterocycles. The fourth-order valence-corrected chi connectivity index (χ4v) is 2.88. The van der Waals surface area contributed by atoms with Gasteiger partial charge in [-0.2, -0.15) is 4.44 Å². The van der Waals surface area contributed by atoms with Crippen LogP contribution in [0.3, 0.4) is 0 Å². The standard InChI is InChI=1S/C5H8N2O6P2/c8-14(9,10)7(15(11,12)13)5-3-1-2-4-6-5/h1-4H,(H2,8,9,10)(H2,11,12,13). The highest BCUT2D eigenvalue weighted by molar-refractivity contribution is 7.72. The Bertz CT molecular complexity index is 402. The minimum absolute atomic E-state index is 0.319. The molecule has 84 valence electrons. The predicted octanol–water partition coefficient (Wildman–Crippen LogP) is 0.0734. The lowest BCUT2D eigenvalue weighted by atomic mass is 10.5. The zero-order valence-corrected chi connectivity index (χ0v) is 8.99. The Labute approximate surface area is 84.6 Å². The van der Waals surface area contributed by atoms with Crippen molar-refractivity contribution in [3.63, 3.8) is 0 Å². The summed E-state index contributed by atoms with van der Waals surface area (Å²) in [6.45, 7) is 0. The van der Waals surface area contributed by atoms with Crippen LogP contribution in [0, 0.1) is 0 Å². The van der Waals surface area contributed by atoms with Crippen molar-refractivity contribution in [1.29, 1.82) is 0 Å². The SMILES string of the molecule is O=P(O)(O)N(c1ccccn1)P(=O)(O)O. The molecule has 1 heterocycles. The molecule has 8 nitrogen and oxygen atoms in total. The van der Waals surface area contributed by atoms with Crippen molar-refractivity contribution in [2.45, 2.75) is 0 Å². The van der Waals surface area contributed by atoms with E-state index in [4.69, 9.17) is 19.6 Å². The first-order chi connectivity index (χ1) is 6.73. The van der Waals surface area contributed by atoms with E-state index in [2.05, 4.69) is 4.98 Å². The monoisotopic (exact) mass is 254 g/mol. The maximum atomic E-state index is 10.9. The molecule has 1 aromatic rings. The van der Waals surface area contributed by atoms with E-state index in [0.29, 0.717) is 0 Å². The van der Waals surface area contributed by atoms with E-state index in [1.54, 1.807) is 0 Å². The summed E-state index contributed by atoms with van der Waals surface area (Å²) >= 11 is 0. The second-order valence-corrected chi connectivity index (χ2v) is 5.67. The van der Waals surface area contributed by atoms with Gasteiger partial charge in [0.2, 0.25) is 0 Å². The van der Waals surface area contributed by atoms with Gasteiger partial charge in [0.1, 0.15) is 5.82 Å². The number of nitrogens with zero attached hydrogens (tertiary/aromatic N) is 2. The van der Waals surface area contributed by atoms with Crippen LogP contribution in [-0.2, 0) is 9.13 Å². The molecule has 0 saturated carbocycles. The van der Waals surface area contributed by atoms with Crippen LogP contribution in [0.4, 0.5) is 5.82 Å². The topological polar surface area (TPSA) is 131 Å². The quantitative estimate of drug-likeness (QED) is 0.557. The fraction of sp³-hybridized carbons (Fsp3) is 0. The van der Waals surface area contributed by atoms with Crippen LogP contribution in [0.5, 0.6) is 0 Å².